The van der Waals surface area contributed by atoms with Gasteiger partial charge in [0.2, 0.25) is 0 Å². The Morgan fingerprint density at radius 2 is 1.46 bits per heavy atom. The second kappa shape index (κ2) is 15.3. The quantitative estimate of drug-likeness (QED) is 0.138. The van der Waals surface area contributed by atoms with Crippen LogP contribution < -0.4 is 0 Å². The molecule has 2 aromatic rings. The SMILES string of the molecule is CCOP(=O)(CCOCC(Cn1cnc2c(Cl)ncnc21)OCCP(=O)(OCC)OCC)OCC. The van der Waals surface area contributed by atoms with Crippen LogP contribution in [-0.2, 0) is 43.2 Å². The Balaban J connectivity index is 2.04. The molecular weight excluding hydrogens is 522 g/mol. The van der Waals surface area contributed by atoms with Gasteiger partial charge < -0.3 is 32.1 Å². The highest BCUT2D eigenvalue weighted by Gasteiger charge is 2.26. The van der Waals surface area contributed by atoms with E-state index in [0.717, 1.165) is 0 Å². The molecule has 0 saturated carbocycles. The summed E-state index contributed by atoms with van der Waals surface area (Å²) in [4.78, 5) is 12.5. The predicted molar refractivity (Wildman–Crippen MR) is 132 cm³/mol. The standard InChI is InChI=1S/C20H35ClN4O8P2/c1-5-30-34(26,31-6-2)11-9-28-14-17(29-10-12-35(27,32-7-3)33-8-4)13-25-16-24-18-19(21)22-15-23-20(18)25/h15-17H,5-14H2,1-4H3. The number of halogens is 1. The molecule has 200 valence electrons. The van der Waals surface area contributed by atoms with Gasteiger partial charge in [-0.1, -0.05) is 11.6 Å². The van der Waals surface area contributed by atoms with E-state index in [0.29, 0.717) is 17.7 Å². The van der Waals surface area contributed by atoms with Crippen LogP contribution in [0.15, 0.2) is 12.7 Å². The molecule has 15 heteroatoms. The summed E-state index contributed by atoms with van der Waals surface area (Å²) in [5, 5.41) is 0.249. The summed E-state index contributed by atoms with van der Waals surface area (Å²) in [6.07, 6.45) is 2.67. The second-order valence-electron chi connectivity index (χ2n) is 7.14. The molecule has 0 aliphatic rings. The van der Waals surface area contributed by atoms with E-state index >= 15 is 0 Å². The average molecular weight is 557 g/mol. The van der Waals surface area contributed by atoms with Crippen LogP contribution in [0.25, 0.3) is 11.2 Å². The topological polar surface area (TPSA) is 133 Å². The minimum absolute atomic E-state index is 0.0910. The van der Waals surface area contributed by atoms with Gasteiger partial charge in [-0.05, 0) is 27.7 Å². The number of hydrogen-bond donors (Lipinski definition) is 0. The van der Waals surface area contributed by atoms with Crippen molar-refractivity contribution in [2.75, 3.05) is 58.6 Å². The summed E-state index contributed by atoms with van der Waals surface area (Å²) >= 11 is 6.10. The lowest BCUT2D eigenvalue weighted by Gasteiger charge is -2.22. The fourth-order valence-corrected chi connectivity index (χ4v) is 6.30. The molecule has 0 amide bonds. The van der Waals surface area contributed by atoms with Crippen molar-refractivity contribution in [2.24, 2.45) is 0 Å². The first-order valence-electron chi connectivity index (χ1n) is 11.6. The minimum atomic E-state index is -3.25. The first-order chi connectivity index (χ1) is 16.8. The Morgan fingerprint density at radius 3 is 2.03 bits per heavy atom. The predicted octanol–water partition coefficient (Wildman–Crippen LogP) is 4.41. The van der Waals surface area contributed by atoms with E-state index in [1.165, 1.54) is 6.33 Å². The van der Waals surface area contributed by atoms with E-state index in [1.807, 2.05) is 0 Å². The summed E-state index contributed by atoms with van der Waals surface area (Å²) in [5.41, 5.74) is 1.02. The molecule has 0 spiro atoms. The maximum absolute atomic E-state index is 12.8. The third kappa shape index (κ3) is 9.80. The zero-order valence-electron chi connectivity index (χ0n) is 20.6. The summed E-state index contributed by atoms with van der Waals surface area (Å²) in [6, 6.07) is 0. The van der Waals surface area contributed by atoms with Gasteiger partial charge in [0.25, 0.3) is 0 Å². The Morgan fingerprint density at radius 1 is 0.886 bits per heavy atom. The number of fused-ring (bicyclic) bond motifs is 1. The fourth-order valence-electron chi connectivity index (χ4n) is 3.20. The Hall–Kier alpha value is -0.940. The largest absolute Gasteiger partial charge is 0.378 e. The van der Waals surface area contributed by atoms with Crippen LogP contribution >= 0.6 is 26.8 Å². The van der Waals surface area contributed by atoms with Crippen molar-refractivity contribution in [2.45, 2.75) is 40.3 Å². The lowest BCUT2D eigenvalue weighted by Crippen LogP contribution is -2.28. The first-order valence-corrected chi connectivity index (χ1v) is 15.4. The maximum Gasteiger partial charge on any atom is 0.332 e. The molecule has 2 heterocycles. The van der Waals surface area contributed by atoms with Gasteiger partial charge >= 0.3 is 15.2 Å². The van der Waals surface area contributed by atoms with Crippen molar-refractivity contribution in [1.82, 2.24) is 19.5 Å². The molecule has 2 rings (SSSR count). The number of aromatic nitrogens is 4. The molecule has 0 aliphatic heterocycles. The van der Waals surface area contributed by atoms with Gasteiger partial charge in [-0.2, -0.15) is 0 Å². The van der Waals surface area contributed by atoms with Crippen molar-refractivity contribution in [1.29, 1.82) is 0 Å². The third-order valence-corrected chi connectivity index (χ3v) is 8.94. The Labute approximate surface area is 211 Å². The van der Waals surface area contributed by atoms with Gasteiger partial charge in [-0.3, -0.25) is 9.13 Å². The number of imidazole rings is 1. The smallest absolute Gasteiger partial charge is 0.332 e. The molecule has 1 atom stereocenters. The highest BCUT2D eigenvalue weighted by molar-refractivity contribution is 7.54. The zero-order chi connectivity index (χ0) is 25.7. The number of rotatable bonds is 19. The van der Waals surface area contributed by atoms with Crippen molar-refractivity contribution in [3.05, 3.63) is 17.8 Å². The van der Waals surface area contributed by atoms with E-state index in [1.54, 1.807) is 38.6 Å². The molecule has 1 unspecified atom stereocenters. The molecule has 0 N–H and O–H groups in total. The maximum atomic E-state index is 12.8. The molecule has 2 aromatic heterocycles. The lowest BCUT2D eigenvalue weighted by molar-refractivity contribution is -0.0171. The highest BCUT2D eigenvalue weighted by Crippen LogP contribution is 2.48. The molecular formula is C20H35ClN4O8P2. The molecule has 0 aliphatic carbocycles. The highest BCUT2D eigenvalue weighted by atomic mass is 35.5. The molecule has 0 radical (unpaired) electrons. The van der Waals surface area contributed by atoms with Gasteiger partial charge in [0, 0.05) is 0 Å². The van der Waals surface area contributed by atoms with E-state index in [4.69, 9.17) is 39.2 Å². The summed E-state index contributed by atoms with van der Waals surface area (Å²) in [5.74, 6) is 0. The Kier molecular flexibility index (Phi) is 13.3. The van der Waals surface area contributed by atoms with Crippen LogP contribution in [0.5, 0.6) is 0 Å². The molecule has 12 nitrogen and oxygen atoms in total. The molecule has 0 aromatic carbocycles. The van der Waals surface area contributed by atoms with Gasteiger partial charge in [-0.15, -0.1) is 0 Å². The van der Waals surface area contributed by atoms with E-state index in [9.17, 15) is 9.13 Å². The van der Waals surface area contributed by atoms with Gasteiger partial charge in [0.15, 0.2) is 10.8 Å². The monoisotopic (exact) mass is 556 g/mol. The van der Waals surface area contributed by atoms with Crippen molar-refractivity contribution >= 4 is 38.0 Å². The number of hydrogen-bond acceptors (Lipinski definition) is 11. The van der Waals surface area contributed by atoms with Crippen LogP contribution in [-0.4, -0.2) is 84.2 Å². The van der Waals surface area contributed by atoms with Crippen molar-refractivity contribution in [3.8, 4) is 0 Å². The normalized spacial score (nSPS) is 13.5. The van der Waals surface area contributed by atoms with Gasteiger partial charge in [0.05, 0.1) is 77.5 Å². The summed E-state index contributed by atoms with van der Waals surface area (Å²) in [7, 11) is -6.47. The summed E-state index contributed by atoms with van der Waals surface area (Å²) in [6.45, 7) is 8.85. The average Bonchev–Trinajstić information content (AvgIpc) is 3.21. The van der Waals surface area contributed by atoms with Gasteiger partial charge in [0.1, 0.15) is 11.8 Å². The van der Waals surface area contributed by atoms with Crippen LogP contribution in [0.3, 0.4) is 0 Å². The molecule has 0 fully saturated rings. The van der Waals surface area contributed by atoms with E-state index < -0.39 is 21.3 Å². The summed E-state index contributed by atoms with van der Waals surface area (Å²) < 4.78 is 60.2. The van der Waals surface area contributed by atoms with Crippen LogP contribution in [0, 0.1) is 0 Å². The third-order valence-electron chi connectivity index (χ3n) is 4.59. The van der Waals surface area contributed by atoms with Crippen molar-refractivity contribution in [3.63, 3.8) is 0 Å². The van der Waals surface area contributed by atoms with Crippen molar-refractivity contribution < 1.29 is 36.7 Å². The van der Waals surface area contributed by atoms with Crippen LogP contribution in [0.4, 0.5) is 0 Å². The van der Waals surface area contributed by atoms with E-state index in [-0.39, 0.29) is 63.7 Å². The lowest BCUT2D eigenvalue weighted by atomic mass is 10.3. The minimum Gasteiger partial charge on any atom is -0.378 e. The molecule has 0 bridgehead atoms. The molecule has 0 saturated heterocycles. The van der Waals surface area contributed by atoms with Crippen LogP contribution in [0.2, 0.25) is 5.15 Å². The second-order valence-corrected chi connectivity index (χ2v) is 11.9. The number of nitrogens with zero attached hydrogens (tertiary/aromatic N) is 4. The zero-order valence-corrected chi connectivity index (χ0v) is 23.2. The van der Waals surface area contributed by atoms with E-state index in [2.05, 4.69) is 15.0 Å². The fraction of sp³-hybridized carbons (Fsp3) is 0.750. The Bertz CT molecular complexity index is 975. The molecule has 35 heavy (non-hydrogen) atoms. The first kappa shape index (κ1) is 30.3. The van der Waals surface area contributed by atoms with Gasteiger partial charge in [-0.25, -0.2) is 15.0 Å². The van der Waals surface area contributed by atoms with Crippen LogP contribution in [0.1, 0.15) is 27.7 Å². The number of ether oxygens (including phenoxy) is 2.